The summed E-state index contributed by atoms with van der Waals surface area (Å²) < 4.78 is 0. The van der Waals surface area contributed by atoms with Crippen LogP contribution in [0.5, 0.6) is 0 Å². The first kappa shape index (κ1) is 20.1. The molecule has 3 aromatic rings. The van der Waals surface area contributed by atoms with Crippen molar-refractivity contribution in [3.05, 3.63) is 65.3 Å². The Morgan fingerprint density at radius 3 is 2.16 bits per heavy atom. The molecule has 0 spiro atoms. The molecule has 6 heteroatoms. The Kier molecular flexibility index (Phi) is 5.68. The smallest absolute Gasteiger partial charge is 0.256 e. The summed E-state index contributed by atoms with van der Waals surface area (Å²) in [7, 11) is 0. The van der Waals surface area contributed by atoms with Gasteiger partial charge in [0.2, 0.25) is 0 Å². The van der Waals surface area contributed by atoms with Gasteiger partial charge in [-0.2, -0.15) is 0 Å². The molecule has 0 radical (unpaired) electrons. The molecule has 0 atom stereocenters. The van der Waals surface area contributed by atoms with Crippen molar-refractivity contribution >= 4 is 39.8 Å². The lowest BCUT2D eigenvalue weighted by Gasteiger charge is -2.36. The maximum atomic E-state index is 13.4. The number of piperazine rings is 1. The Balaban J connectivity index is 1.36. The Hall–Kier alpha value is -2.79. The summed E-state index contributed by atoms with van der Waals surface area (Å²) in [6, 6.07) is 16.1. The monoisotopic (exact) mass is 434 g/mol. The van der Waals surface area contributed by atoms with E-state index < -0.39 is 0 Å². The highest BCUT2D eigenvalue weighted by atomic mass is 35.5. The maximum absolute atomic E-state index is 13.4. The number of carbonyl (C=O) groups excluding carboxylic acids is 1. The van der Waals surface area contributed by atoms with Crippen molar-refractivity contribution in [1.29, 1.82) is 0 Å². The van der Waals surface area contributed by atoms with Gasteiger partial charge in [-0.05, 0) is 48.9 Å². The molecule has 1 aromatic heterocycles. The summed E-state index contributed by atoms with van der Waals surface area (Å²) in [6.07, 6.45) is 5.48. The first-order valence-electron chi connectivity index (χ1n) is 11.1. The number of aromatic nitrogens is 1. The number of rotatable bonds is 3. The summed E-state index contributed by atoms with van der Waals surface area (Å²) in [5, 5.41) is 2.82. The van der Waals surface area contributed by atoms with Gasteiger partial charge in [-0.25, -0.2) is 4.98 Å². The fraction of sp³-hybridized carbons (Fsp3) is 0.360. The topological polar surface area (TPSA) is 39.7 Å². The maximum Gasteiger partial charge on any atom is 0.256 e. The van der Waals surface area contributed by atoms with Gasteiger partial charge < -0.3 is 14.7 Å². The van der Waals surface area contributed by atoms with E-state index in [9.17, 15) is 4.79 Å². The van der Waals surface area contributed by atoms with Crippen LogP contribution in [-0.4, -0.2) is 55.1 Å². The van der Waals surface area contributed by atoms with Crippen LogP contribution in [0.4, 0.5) is 11.5 Å². The minimum Gasteiger partial charge on any atom is -0.368 e. The van der Waals surface area contributed by atoms with Crippen molar-refractivity contribution in [2.75, 3.05) is 49.1 Å². The largest absolute Gasteiger partial charge is 0.368 e. The second-order valence-corrected chi connectivity index (χ2v) is 8.78. The number of hydrogen-bond acceptors (Lipinski definition) is 4. The van der Waals surface area contributed by atoms with E-state index in [0.717, 1.165) is 53.5 Å². The van der Waals surface area contributed by atoms with Crippen LogP contribution in [0.1, 0.15) is 29.6 Å². The van der Waals surface area contributed by atoms with Crippen LogP contribution in [0, 0.1) is 0 Å². The zero-order valence-corrected chi connectivity index (χ0v) is 18.4. The van der Waals surface area contributed by atoms with E-state index in [1.54, 1.807) is 6.20 Å². The van der Waals surface area contributed by atoms with Crippen molar-refractivity contribution in [3.8, 4) is 0 Å². The second-order valence-electron chi connectivity index (χ2n) is 8.34. The van der Waals surface area contributed by atoms with Crippen molar-refractivity contribution in [1.82, 2.24) is 9.88 Å². The SMILES string of the molecule is O=C(c1cnc(N2CCCCC2)c2ccccc12)N1CCN(c2ccc(Cl)cc2)CC1. The van der Waals surface area contributed by atoms with Crippen LogP contribution in [0.2, 0.25) is 5.02 Å². The number of benzene rings is 2. The van der Waals surface area contributed by atoms with Gasteiger partial charge in [-0.1, -0.05) is 35.9 Å². The lowest BCUT2D eigenvalue weighted by Crippen LogP contribution is -2.48. The molecular weight excluding hydrogens is 408 g/mol. The molecule has 0 bridgehead atoms. The van der Waals surface area contributed by atoms with Gasteiger partial charge in [0.15, 0.2) is 0 Å². The summed E-state index contributed by atoms with van der Waals surface area (Å²) >= 11 is 6.01. The van der Waals surface area contributed by atoms with Crippen LogP contribution in [0.25, 0.3) is 10.8 Å². The molecule has 2 aliphatic rings. The molecular formula is C25H27ClN4O. The molecule has 31 heavy (non-hydrogen) atoms. The summed E-state index contributed by atoms with van der Waals surface area (Å²) in [5.41, 5.74) is 1.85. The molecule has 0 N–H and O–H groups in total. The fourth-order valence-corrected chi connectivity index (χ4v) is 4.82. The van der Waals surface area contributed by atoms with E-state index in [-0.39, 0.29) is 5.91 Å². The third-order valence-electron chi connectivity index (χ3n) is 6.42. The Morgan fingerprint density at radius 1 is 0.774 bits per heavy atom. The molecule has 3 heterocycles. The van der Waals surface area contributed by atoms with E-state index in [1.165, 1.54) is 19.3 Å². The number of amides is 1. The molecule has 160 valence electrons. The zero-order valence-electron chi connectivity index (χ0n) is 17.6. The van der Waals surface area contributed by atoms with Crippen molar-refractivity contribution in [3.63, 3.8) is 0 Å². The molecule has 0 saturated carbocycles. The van der Waals surface area contributed by atoms with E-state index in [0.29, 0.717) is 18.7 Å². The number of pyridine rings is 1. The number of hydrogen-bond donors (Lipinski definition) is 0. The second kappa shape index (κ2) is 8.75. The first-order chi connectivity index (χ1) is 15.2. The molecule has 1 amide bonds. The number of anilines is 2. The van der Waals surface area contributed by atoms with Gasteiger partial charge in [0.05, 0.1) is 5.56 Å². The van der Waals surface area contributed by atoms with Crippen molar-refractivity contribution in [2.24, 2.45) is 0 Å². The molecule has 2 aromatic carbocycles. The predicted octanol–water partition coefficient (Wildman–Crippen LogP) is 4.84. The average molecular weight is 435 g/mol. The highest BCUT2D eigenvalue weighted by Gasteiger charge is 2.25. The molecule has 0 unspecified atom stereocenters. The third-order valence-corrected chi connectivity index (χ3v) is 6.67. The quantitative estimate of drug-likeness (QED) is 0.591. The minimum atomic E-state index is 0.0738. The molecule has 2 fully saturated rings. The normalized spacial score (nSPS) is 17.3. The van der Waals surface area contributed by atoms with Crippen LogP contribution in [0.15, 0.2) is 54.7 Å². The Labute approximate surface area is 188 Å². The molecule has 5 rings (SSSR count). The molecule has 2 aliphatic heterocycles. The predicted molar refractivity (Wildman–Crippen MR) is 127 cm³/mol. The van der Waals surface area contributed by atoms with Gasteiger partial charge in [0, 0.05) is 61.6 Å². The number of halogens is 1. The van der Waals surface area contributed by atoms with Crippen molar-refractivity contribution < 1.29 is 4.79 Å². The molecule has 0 aliphatic carbocycles. The number of fused-ring (bicyclic) bond motifs is 1. The van der Waals surface area contributed by atoms with Gasteiger partial charge >= 0.3 is 0 Å². The zero-order chi connectivity index (χ0) is 21.2. The molecule has 5 nitrogen and oxygen atoms in total. The summed E-state index contributed by atoms with van der Waals surface area (Å²) in [4.78, 5) is 24.8. The van der Waals surface area contributed by atoms with Crippen LogP contribution in [-0.2, 0) is 0 Å². The summed E-state index contributed by atoms with van der Waals surface area (Å²) in [5.74, 6) is 1.09. The highest BCUT2D eigenvalue weighted by molar-refractivity contribution is 6.30. The van der Waals surface area contributed by atoms with E-state index in [4.69, 9.17) is 16.6 Å². The lowest BCUT2D eigenvalue weighted by molar-refractivity contribution is 0.0748. The van der Waals surface area contributed by atoms with Gasteiger partial charge in [-0.15, -0.1) is 0 Å². The number of piperidine rings is 1. The van der Waals surface area contributed by atoms with Gasteiger partial charge in [-0.3, -0.25) is 4.79 Å². The van der Waals surface area contributed by atoms with Crippen molar-refractivity contribution in [2.45, 2.75) is 19.3 Å². The summed E-state index contributed by atoms with van der Waals surface area (Å²) in [6.45, 7) is 5.09. The highest BCUT2D eigenvalue weighted by Crippen LogP contribution is 2.30. The van der Waals surface area contributed by atoms with E-state index in [2.05, 4.69) is 21.9 Å². The minimum absolute atomic E-state index is 0.0738. The van der Waals surface area contributed by atoms with Crippen LogP contribution >= 0.6 is 11.6 Å². The van der Waals surface area contributed by atoms with Gasteiger partial charge in [0.25, 0.3) is 5.91 Å². The van der Waals surface area contributed by atoms with E-state index in [1.807, 2.05) is 41.3 Å². The standard InChI is InChI=1S/C25H27ClN4O/c26-19-8-10-20(11-9-19)28-14-16-30(17-15-28)25(31)23-18-27-24(29-12-4-1-5-13-29)22-7-3-2-6-21(22)23/h2-3,6-11,18H,1,4-5,12-17H2. The lowest BCUT2D eigenvalue weighted by atomic mass is 10.0. The average Bonchev–Trinajstić information content (AvgIpc) is 2.84. The molecule has 2 saturated heterocycles. The fourth-order valence-electron chi connectivity index (χ4n) is 4.70. The van der Waals surface area contributed by atoms with E-state index >= 15 is 0 Å². The first-order valence-corrected chi connectivity index (χ1v) is 11.5. The van der Waals surface area contributed by atoms with Crippen LogP contribution < -0.4 is 9.80 Å². The number of carbonyl (C=O) groups is 1. The Bertz CT molecular complexity index is 1070. The van der Waals surface area contributed by atoms with Gasteiger partial charge in [0.1, 0.15) is 5.82 Å². The number of nitrogens with zero attached hydrogens (tertiary/aromatic N) is 4. The Morgan fingerprint density at radius 2 is 1.45 bits per heavy atom. The van der Waals surface area contributed by atoms with Crippen LogP contribution in [0.3, 0.4) is 0 Å². The third kappa shape index (κ3) is 4.07.